The first-order valence-corrected chi connectivity index (χ1v) is 24.2. The van der Waals surface area contributed by atoms with Gasteiger partial charge in [0.25, 0.3) is 18.1 Å². The molecule has 4 aromatic carbocycles. The van der Waals surface area contributed by atoms with Gasteiger partial charge in [0.05, 0.1) is 36.2 Å². The van der Waals surface area contributed by atoms with Crippen LogP contribution >= 0.6 is 21.4 Å². The van der Waals surface area contributed by atoms with Crippen molar-refractivity contribution < 1.29 is 26.3 Å². The van der Waals surface area contributed by atoms with Gasteiger partial charge in [0.2, 0.25) is 23.8 Å². The Kier molecular flexibility index (Phi) is 13.2. The zero-order valence-electron chi connectivity index (χ0n) is 33.1. The zero-order valence-corrected chi connectivity index (χ0v) is 36.2. The number of nitrogens with one attached hydrogen (secondary N) is 2. The van der Waals surface area contributed by atoms with E-state index in [4.69, 9.17) is 40.8 Å². The van der Waals surface area contributed by atoms with Gasteiger partial charge in [-0.2, -0.15) is 29.9 Å². The molecule has 2 saturated heterocycles. The minimum Gasteiger partial charge on any atom is -0.378 e. The van der Waals surface area contributed by atoms with Crippen LogP contribution in [-0.2, 0) is 40.4 Å². The van der Waals surface area contributed by atoms with Crippen molar-refractivity contribution in [1.29, 1.82) is 0 Å². The Balaban J connectivity index is 1.06. The van der Waals surface area contributed by atoms with Crippen LogP contribution in [0.5, 0.6) is 0 Å². The number of anilines is 6. The summed E-state index contributed by atoms with van der Waals surface area (Å²) in [5, 5.41) is 6.45. The lowest BCUT2D eigenvalue weighted by Crippen LogP contribution is -2.37. The fourth-order valence-corrected chi connectivity index (χ4v) is 9.04. The molecule has 0 aliphatic carbocycles. The fourth-order valence-electron chi connectivity index (χ4n) is 6.82. The first-order chi connectivity index (χ1) is 29.9. The minimum absolute atomic E-state index is 0.155. The molecule has 2 aliphatic heterocycles. The Hall–Kier alpha value is -5.76. The van der Waals surface area contributed by atoms with Gasteiger partial charge in [-0.15, -0.1) is 0 Å². The molecule has 2 fully saturated rings. The number of nitrogens with zero attached hydrogens (tertiary/aromatic N) is 8. The van der Waals surface area contributed by atoms with Crippen molar-refractivity contribution in [3.63, 3.8) is 0 Å². The second kappa shape index (κ2) is 19.1. The van der Waals surface area contributed by atoms with E-state index < -0.39 is 18.1 Å². The van der Waals surface area contributed by atoms with E-state index in [1.165, 1.54) is 24.3 Å². The molecule has 20 heteroatoms. The molecule has 2 aromatic heterocycles. The van der Waals surface area contributed by atoms with Gasteiger partial charge in [0.15, 0.2) is 0 Å². The van der Waals surface area contributed by atoms with Crippen molar-refractivity contribution >= 4 is 86.8 Å². The van der Waals surface area contributed by atoms with Crippen molar-refractivity contribution in [1.82, 2.24) is 29.9 Å². The number of aromatic nitrogens is 6. The summed E-state index contributed by atoms with van der Waals surface area (Å²) in [5.74, 6) is 2.40. The minimum atomic E-state index is -4.29. The molecule has 0 spiro atoms. The molecule has 0 radical (unpaired) electrons. The van der Waals surface area contributed by atoms with Crippen LogP contribution in [0, 0.1) is 0 Å². The predicted octanol–water partition coefficient (Wildman–Crippen LogP) is 6.42. The smallest absolute Gasteiger partial charge is 0.261 e. The Morgan fingerprint density at radius 1 is 0.532 bits per heavy atom. The lowest BCUT2D eigenvalue weighted by molar-refractivity contribution is 0.122. The molecule has 6 aromatic rings. The van der Waals surface area contributed by atoms with E-state index in [0.717, 1.165) is 11.4 Å². The highest BCUT2D eigenvalue weighted by Crippen LogP contribution is 2.29. The number of ether oxygens (including phenoxy) is 2. The van der Waals surface area contributed by atoms with Gasteiger partial charge < -0.3 is 29.9 Å². The molecule has 16 nitrogen and oxygen atoms in total. The molecule has 0 bridgehead atoms. The molecule has 2 aliphatic rings. The number of rotatable bonds is 14. The summed E-state index contributed by atoms with van der Waals surface area (Å²) in [7, 11) is 3.43. The van der Waals surface area contributed by atoms with Crippen molar-refractivity contribution in [2.45, 2.75) is 22.6 Å². The molecule has 8 rings (SSSR count). The average molecular weight is 916 g/mol. The number of halogens is 2. The van der Waals surface area contributed by atoms with Crippen molar-refractivity contribution in [2.75, 3.05) is 73.0 Å². The molecule has 320 valence electrons. The van der Waals surface area contributed by atoms with Crippen LogP contribution in [0.25, 0.3) is 12.2 Å². The summed E-state index contributed by atoms with van der Waals surface area (Å²) in [4.78, 5) is 31.7. The Morgan fingerprint density at radius 3 is 1.29 bits per heavy atom. The number of morpholine rings is 2. The third-order valence-corrected chi connectivity index (χ3v) is 12.6. The normalized spacial score (nSPS) is 14.9. The van der Waals surface area contributed by atoms with Crippen molar-refractivity contribution in [3.8, 4) is 0 Å². The molecule has 0 unspecified atom stereocenters. The molecular formula is C42H40Cl2N10O6S2. The number of hydrogen-bond acceptors (Lipinski definition) is 16. The summed E-state index contributed by atoms with van der Waals surface area (Å²) >= 11 is 0. The van der Waals surface area contributed by atoms with Crippen LogP contribution in [0.1, 0.15) is 33.9 Å². The molecule has 62 heavy (non-hydrogen) atoms. The lowest BCUT2D eigenvalue weighted by atomic mass is 10.1. The van der Waals surface area contributed by atoms with Gasteiger partial charge in [-0.3, -0.25) is 0 Å². The van der Waals surface area contributed by atoms with Crippen LogP contribution < -0.4 is 20.4 Å². The van der Waals surface area contributed by atoms with Gasteiger partial charge in [0.1, 0.15) is 11.6 Å². The fraction of sp³-hybridized carbons (Fsp3) is 0.238. The van der Waals surface area contributed by atoms with Gasteiger partial charge in [-0.05, 0) is 58.7 Å². The molecule has 0 amide bonds. The van der Waals surface area contributed by atoms with E-state index in [1.807, 2.05) is 70.5 Å². The van der Waals surface area contributed by atoms with Crippen LogP contribution in [0.3, 0.4) is 0 Å². The van der Waals surface area contributed by atoms with Crippen LogP contribution in [-0.4, -0.2) is 99.3 Å². The lowest BCUT2D eigenvalue weighted by Gasteiger charge is -2.27. The quantitative estimate of drug-likeness (QED) is 0.0897. The summed E-state index contributed by atoms with van der Waals surface area (Å²) < 4.78 is 63.0. The van der Waals surface area contributed by atoms with Crippen LogP contribution in [0.15, 0.2) is 107 Å². The molecule has 0 saturated carbocycles. The third kappa shape index (κ3) is 11.2. The van der Waals surface area contributed by atoms with Gasteiger partial charge in [-0.1, -0.05) is 72.8 Å². The Bertz CT molecular complexity index is 2610. The van der Waals surface area contributed by atoms with Crippen LogP contribution in [0.4, 0.5) is 35.2 Å². The molecule has 2 N–H and O–H groups in total. The maximum atomic E-state index is 13.0. The van der Waals surface area contributed by atoms with Crippen LogP contribution in [0.2, 0.25) is 0 Å². The first-order valence-electron chi connectivity index (χ1n) is 19.6. The second-order valence-electron chi connectivity index (χ2n) is 14.2. The van der Waals surface area contributed by atoms with E-state index in [0.29, 0.717) is 99.2 Å². The summed E-state index contributed by atoms with van der Waals surface area (Å²) in [5.41, 5.74) is 3.15. The number of para-hydroxylation sites is 2. The Morgan fingerprint density at radius 2 is 0.919 bits per heavy atom. The van der Waals surface area contributed by atoms with Gasteiger partial charge >= 0.3 is 0 Å². The topological polar surface area (TPSA) is 195 Å². The van der Waals surface area contributed by atoms with Gasteiger partial charge in [0, 0.05) is 71.8 Å². The maximum absolute atomic E-state index is 13.0. The zero-order chi connectivity index (χ0) is 43.1. The number of hydrogen-bond donors (Lipinski definition) is 2. The molecular weight excluding hydrogens is 876 g/mol. The summed E-state index contributed by atoms with van der Waals surface area (Å²) in [6, 6.07) is 28.5. The van der Waals surface area contributed by atoms with E-state index >= 15 is 0 Å². The second-order valence-corrected chi connectivity index (χ2v) is 19.3. The summed E-state index contributed by atoms with van der Waals surface area (Å²) in [6.07, 6.45) is 3.26. The van der Waals surface area contributed by atoms with E-state index in [-0.39, 0.29) is 33.8 Å². The average Bonchev–Trinajstić information content (AvgIpc) is 3.27. The highest BCUT2D eigenvalue weighted by molar-refractivity contribution is 8.14. The largest absolute Gasteiger partial charge is 0.378 e. The Labute approximate surface area is 367 Å². The monoisotopic (exact) mass is 914 g/mol. The first kappa shape index (κ1) is 42.9. The highest BCUT2D eigenvalue weighted by atomic mass is 35.7. The van der Waals surface area contributed by atoms with Crippen molar-refractivity contribution in [3.05, 3.63) is 131 Å². The standard InChI is InChI=1S/C42H40Cl2N10O6S2/c43-61(55,56)35-25-29(27-37-47-39(45-33-7-3-1-4-8-33)51-41(49-37)53-17-21-59-22-18-53)11-13-31(35)15-16-32-14-12-30(26-36(32)62(44,57)58)28-38-48-40(46-34-9-5-2-6-10-34)52-42(50-38)54-19-23-60-24-20-54/h1-16,25-26H,17-24,27-28H2,(H,45,47,49,51)(H,46,48,50,52)/b16-15+. The summed E-state index contributed by atoms with van der Waals surface area (Å²) in [6.45, 7) is 4.52. The SMILES string of the molecule is O=S(=O)(Cl)c1cc(Cc2nc(Nc3ccccc3)nc(N3CCOCC3)n2)ccc1/C=C/c1ccc(Cc2nc(Nc3ccccc3)nc(N3CCOCC3)n2)cc1S(=O)(=O)Cl. The van der Waals surface area contributed by atoms with E-state index in [2.05, 4.69) is 30.6 Å². The number of benzene rings is 4. The van der Waals surface area contributed by atoms with E-state index in [9.17, 15) is 16.8 Å². The highest BCUT2D eigenvalue weighted by Gasteiger charge is 2.22. The van der Waals surface area contributed by atoms with Crippen molar-refractivity contribution in [2.24, 2.45) is 0 Å². The molecule has 0 atom stereocenters. The van der Waals surface area contributed by atoms with Gasteiger partial charge in [-0.25, -0.2) is 16.8 Å². The maximum Gasteiger partial charge on any atom is 0.261 e. The van der Waals surface area contributed by atoms with E-state index in [1.54, 1.807) is 24.3 Å². The molecule has 4 heterocycles. The third-order valence-electron chi connectivity index (χ3n) is 9.84. The predicted molar refractivity (Wildman–Crippen MR) is 239 cm³/mol.